The highest BCUT2D eigenvalue weighted by Crippen LogP contribution is 2.17. The van der Waals surface area contributed by atoms with Gasteiger partial charge in [0.25, 0.3) is 0 Å². The van der Waals surface area contributed by atoms with Crippen molar-refractivity contribution in [3.8, 4) is 5.75 Å². The molecule has 2 nitrogen and oxygen atoms in total. The van der Waals surface area contributed by atoms with Crippen molar-refractivity contribution >= 4 is 5.78 Å². The maximum absolute atomic E-state index is 11.5. The number of hydrogen-bond donors (Lipinski definition) is 0. The average molecular weight is 290 g/mol. The molecule has 0 saturated carbocycles. The topological polar surface area (TPSA) is 26.3 Å². The second-order valence-electron chi connectivity index (χ2n) is 6.53. The number of carbonyl (C=O) groups is 1. The van der Waals surface area contributed by atoms with Crippen LogP contribution in [0.15, 0.2) is 24.3 Å². The highest BCUT2D eigenvalue weighted by atomic mass is 16.5. The summed E-state index contributed by atoms with van der Waals surface area (Å²) in [4.78, 5) is 11.5. The number of aryl methyl sites for hydroxylation is 1. The summed E-state index contributed by atoms with van der Waals surface area (Å²) in [5.41, 5.74) is 1.33. The predicted octanol–water partition coefficient (Wildman–Crippen LogP) is 5.05. The fourth-order valence-corrected chi connectivity index (χ4v) is 2.15. The SMILES string of the molecule is CC(C)COc1cccc(CCCCCC(=O)C(C)C)c1. The maximum Gasteiger partial charge on any atom is 0.135 e. The predicted molar refractivity (Wildman–Crippen MR) is 88.8 cm³/mol. The molecule has 118 valence electrons. The molecule has 0 heterocycles. The summed E-state index contributed by atoms with van der Waals surface area (Å²) < 4.78 is 5.75. The van der Waals surface area contributed by atoms with E-state index in [1.807, 2.05) is 19.9 Å². The molecular formula is C19H30O2. The average Bonchev–Trinajstić information content (AvgIpc) is 2.45. The van der Waals surface area contributed by atoms with Crippen LogP contribution in [-0.4, -0.2) is 12.4 Å². The summed E-state index contributed by atoms with van der Waals surface area (Å²) >= 11 is 0. The highest BCUT2D eigenvalue weighted by molar-refractivity contribution is 5.80. The number of Topliss-reactive ketones (excluding diaryl/α,β-unsaturated/α-hetero) is 1. The molecule has 1 rings (SSSR count). The second kappa shape index (κ2) is 9.59. The van der Waals surface area contributed by atoms with Gasteiger partial charge in [0.05, 0.1) is 6.61 Å². The number of rotatable bonds is 10. The molecule has 0 amide bonds. The Morgan fingerprint density at radius 3 is 2.52 bits per heavy atom. The van der Waals surface area contributed by atoms with Crippen LogP contribution in [0.3, 0.4) is 0 Å². The summed E-state index contributed by atoms with van der Waals surface area (Å²) in [5, 5.41) is 0. The second-order valence-corrected chi connectivity index (χ2v) is 6.53. The Labute approximate surface area is 129 Å². The van der Waals surface area contributed by atoms with E-state index in [4.69, 9.17) is 4.74 Å². The minimum atomic E-state index is 0.180. The van der Waals surface area contributed by atoms with Crippen LogP contribution in [0.4, 0.5) is 0 Å². The fraction of sp³-hybridized carbons (Fsp3) is 0.632. The van der Waals surface area contributed by atoms with Gasteiger partial charge >= 0.3 is 0 Å². The zero-order valence-electron chi connectivity index (χ0n) is 14.0. The van der Waals surface area contributed by atoms with Crippen molar-refractivity contribution < 1.29 is 9.53 Å². The van der Waals surface area contributed by atoms with Crippen LogP contribution in [0.1, 0.15) is 58.9 Å². The third-order valence-corrected chi connectivity index (χ3v) is 3.51. The monoisotopic (exact) mass is 290 g/mol. The lowest BCUT2D eigenvalue weighted by Gasteiger charge is -2.10. The molecule has 0 aromatic heterocycles. The van der Waals surface area contributed by atoms with Crippen LogP contribution in [0.25, 0.3) is 0 Å². The molecule has 2 heteroatoms. The van der Waals surface area contributed by atoms with Crippen molar-refractivity contribution in [2.75, 3.05) is 6.61 Å². The first-order chi connectivity index (χ1) is 9.99. The Morgan fingerprint density at radius 2 is 1.86 bits per heavy atom. The quantitative estimate of drug-likeness (QED) is 0.564. The Balaban J connectivity index is 2.26. The first-order valence-corrected chi connectivity index (χ1v) is 8.23. The molecule has 0 atom stereocenters. The van der Waals surface area contributed by atoms with Crippen molar-refractivity contribution in [2.45, 2.75) is 59.8 Å². The molecule has 0 bridgehead atoms. The molecule has 0 aliphatic heterocycles. The van der Waals surface area contributed by atoms with E-state index < -0.39 is 0 Å². The van der Waals surface area contributed by atoms with Gasteiger partial charge in [-0.15, -0.1) is 0 Å². The summed E-state index contributed by atoms with van der Waals surface area (Å²) in [6.45, 7) is 9.03. The minimum Gasteiger partial charge on any atom is -0.493 e. The zero-order valence-corrected chi connectivity index (χ0v) is 14.0. The van der Waals surface area contributed by atoms with Crippen molar-refractivity contribution in [1.29, 1.82) is 0 Å². The summed E-state index contributed by atoms with van der Waals surface area (Å²) in [6.07, 6.45) is 5.07. The van der Waals surface area contributed by atoms with Crippen LogP contribution in [0.5, 0.6) is 5.75 Å². The zero-order chi connectivity index (χ0) is 15.7. The molecule has 0 fully saturated rings. The molecule has 0 saturated heterocycles. The number of unbranched alkanes of at least 4 members (excludes halogenated alkanes) is 2. The van der Waals surface area contributed by atoms with Gasteiger partial charge in [0, 0.05) is 12.3 Å². The van der Waals surface area contributed by atoms with Gasteiger partial charge in [-0.05, 0) is 42.9 Å². The molecule has 0 spiro atoms. The van der Waals surface area contributed by atoms with Crippen LogP contribution >= 0.6 is 0 Å². The van der Waals surface area contributed by atoms with E-state index in [1.54, 1.807) is 0 Å². The lowest BCUT2D eigenvalue weighted by molar-refractivity contribution is -0.122. The molecule has 0 unspecified atom stereocenters. The van der Waals surface area contributed by atoms with E-state index >= 15 is 0 Å². The van der Waals surface area contributed by atoms with Crippen molar-refractivity contribution in [3.63, 3.8) is 0 Å². The summed E-state index contributed by atoms with van der Waals surface area (Å²) in [6, 6.07) is 8.38. The van der Waals surface area contributed by atoms with Crippen LogP contribution < -0.4 is 4.74 Å². The molecule has 0 aliphatic carbocycles. The largest absolute Gasteiger partial charge is 0.493 e. The Kier molecular flexibility index (Phi) is 8.11. The van der Waals surface area contributed by atoms with Crippen LogP contribution in [0.2, 0.25) is 0 Å². The summed E-state index contributed by atoms with van der Waals surface area (Å²) in [7, 11) is 0. The fourth-order valence-electron chi connectivity index (χ4n) is 2.15. The standard InChI is InChI=1S/C19H30O2/c1-15(2)14-21-18-11-8-10-17(13-18)9-6-5-7-12-19(20)16(3)4/h8,10-11,13,15-16H,5-7,9,12,14H2,1-4H3. The van der Waals surface area contributed by atoms with E-state index in [2.05, 4.69) is 32.0 Å². The maximum atomic E-state index is 11.5. The van der Waals surface area contributed by atoms with Gasteiger partial charge in [0.1, 0.15) is 11.5 Å². The smallest absolute Gasteiger partial charge is 0.135 e. The van der Waals surface area contributed by atoms with E-state index in [0.717, 1.165) is 44.5 Å². The molecule has 0 aliphatic rings. The van der Waals surface area contributed by atoms with Gasteiger partial charge in [-0.2, -0.15) is 0 Å². The summed E-state index contributed by atoms with van der Waals surface area (Å²) in [5.74, 6) is 2.09. The van der Waals surface area contributed by atoms with Crippen LogP contribution in [0, 0.1) is 11.8 Å². The Hall–Kier alpha value is -1.31. The minimum absolute atomic E-state index is 0.180. The first-order valence-electron chi connectivity index (χ1n) is 8.23. The first kappa shape index (κ1) is 17.7. The van der Waals surface area contributed by atoms with E-state index in [1.165, 1.54) is 5.56 Å². The van der Waals surface area contributed by atoms with Gasteiger partial charge in [0.15, 0.2) is 0 Å². The van der Waals surface area contributed by atoms with Crippen molar-refractivity contribution in [3.05, 3.63) is 29.8 Å². The molecular weight excluding hydrogens is 260 g/mol. The highest BCUT2D eigenvalue weighted by Gasteiger charge is 2.06. The van der Waals surface area contributed by atoms with Crippen molar-refractivity contribution in [1.82, 2.24) is 0 Å². The van der Waals surface area contributed by atoms with Gasteiger partial charge < -0.3 is 4.74 Å². The third-order valence-electron chi connectivity index (χ3n) is 3.51. The third kappa shape index (κ3) is 7.89. The number of carbonyl (C=O) groups excluding carboxylic acids is 1. The van der Waals surface area contributed by atoms with E-state index in [0.29, 0.717) is 11.7 Å². The van der Waals surface area contributed by atoms with E-state index in [9.17, 15) is 4.79 Å². The lowest BCUT2D eigenvalue weighted by atomic mass is 10.0. The Bertz CT molecular complexity index is 421. The van der Waals surface area contributed by atoms with Gasteiger partial charge in [-0.25, -0.2) is 0 Å². The number of ketones is 1. The Morgan fingerprint density at radius 1 is 1.10 bits per heavy atom. The van der Waals surface area contributed by atoms with Crippen molar-refractivity contribution in [2.24, 2.45) is 11.8 Å². The number of hydrogen-bond acceptors (Lipinski definition) is 2. The number of ether oxygens (including phenoxy) is 1. The molecule has 0 N–H and O–H groups in total. The van der Waals surface area contributed by atoms with Gasteiger partial charge in [-0.3, -0.25) is 4.79 Å². The molecule has 1 aromatic rings. The van der Waals surface area contributed by atoms with Gasteiger partial charge in [0.2, 0.25) is 0 Å². The van der Waals surface area contributed by atoms with Crippen LogP contribution in [-0.2, 0) is 11.2 Å². The normalized spacial score (nSPS) is 11.1. The molecule has 21 heavy (non-hydrogen) atoms. The number of benzene rings is 1. The molecule has 0 radical (unpaired) electrons. The van der Waals surface area contributed by atoms with E-state index in [-0.39, 0.29) is 5.92 Å². The molecule has 1 aromatic carbocycles. The lowest BCUT2D eigenvalue weighted by Crippen LogP contribution is -2.06. The van der Waals surface area contributed by atoms with Gasteiger partial charge in [-0.1, -0.05) is 46.2 Å².